The van der Waals surface area contributed by atoms with Crippen LogP contribution in [0.15, 0.2) is 73.8 Å². The molecular weight excluding hydrogens is 722 g/mol. The van der Waals surface area contributed by atoms with Gasteiger partial charge in [-0.2, -0.15) is 13.2 Å². The average molecular weight is 773 g/mol. The molecule has 0 aliphatic heterocycles. The molecule has 2 atom stereocenters. The summed E-state index contributed by atoms with van der Waals surface area (Å²) in [5.74, 6) is -1.01. The van der Waals surface area contributed by atoms with Gasteiger partial charge in [0.05, 0.1) is 0 Å². The van der Waals surface area contributed by atoms with Gasteiger partial charge in [0, 0.05) is 18.6 Å². The van der Waals surface area contributed by atoms with Gasteiger partial charge in [0.2, 0.25) is 0 Å². The maximum atomic E-state index is 13.5. The third-order valence-electron chi connectivity index (χ3n) is 7.09. The Kier molecular flexibility index (Phi) is 15.9. The number of alkyl halides is 3. The lowest BCUT2D eigenvalue weighted by Gasteiger charge is -2.41. The Labute approximate surface area is 295 Å². The van der Waals surface area contributed by atoms with Gasteiger partial charge < -0.3 is 25.9 Å². The van der Waals surface area contributed by atoms with Gasteiger partial charge in [0.1, 0.15) is 13.2 Å². The molecule has 49 heavy (non-hydrogen) atoms. The fraction of sp³-hybridized carbons (Fsp3) is 0.455. The molecule has 0 N–H and O–H groups in total. The van der Waals surface area contributed by atoms with Gasteiger partial charge >= 0.3 is 35.2 Å². The van der Waals surface area contributed by atoms with E-state index in [1.807, 2.05) is 81.3 Å². The predicted octanol–water partition coefficient (Wildman–Crippen LogP) is 8.06. The molecule has 8 nitrogen and oxygen atoms in total. The minimum Gasteiger partial charge on any atom is -0.458 e. The molecule has 0 aliphatic carbocycles. The molecule has 0 amide bonds. The summed E-state index contributed by atoms with van der Waals surface area (Å²) in [5.41, 5.74) is 3.64. The van der Waals surface area contributed by atoms with Gasteiger partial charge in [-0.05, 0) is 92.8 Å². The number of carbonyl (C=O) groups excluding carboxylic acids is 2. The number of ether oxygens (including phenoxy) is 2. The maximum absolute atomic E-state index is 13.5. The minimum atomic E-state index is -4.36. The third kappa shape index (κ3) is 17.4. The van der Waals surface area contributed by atoms with E-state index in [1.165, 1.54) is 0 Å². The van der Waals surface area contributed by atoms with Gasteiger partial charge in [0.15, 0.2) is 16.6 Å². The molecule has 0 saturated heterocycles. The number of rotatable bonds is 20. The number of benzene rings is 2. The fourth-order valence-electron chi connectivity index (χ4n) is 5.64. The molecule has 0 heterocycles. The summed E-state index contributed by atoms with van der Waals surface area (Å²) in [5, 5.41) is 0. The van der Waals surface area contributed by atoms with Crippen molar-refractivity contribution in [2.45, 2.75) is 96.3 Å². The van der Waals surface area contributed by atoms with E-state index in [0.717, 1.165) is 34.4 Å². The summed E-state index contributed by atoms with van der Waals surface area (Å²) in [7, 11) is -13.6. The molecule has 272 valence electrons. The standard InChI is InChI=1S/C33H51F3O8Si5/c1-11-31(37)39-23-27-15-13-17-29(21-27)25-46(4,5)41-45(3)42-48(8,9)44-49(10,20-19-33(34,35)36)43-47(6,7)26-30-18-14-16-28(22-30)24-40-32(38)12-2/h11-18,21-22,45H,1-2,19-20,23-26H2,3-10H3. The number of hydrogen-bond donors (Lipinski definition) is 0. The fourth-order valence-corrected chi connectivity index (χ4v) is 27.6. The van der Waals surface area contributed by atoms with Crippen molar-refractivity contribution in [1.82, 2.24) is 0 Å². The summed E-state index contributed by atoms with van der Waals surface area (Å²) in [6.45, 7) is 22.5. The minimum absolute atomic E-state index is 0.0865. The van der Waals surface area contributed by atoms with Crippen LogP contribution in [0, 0.1) is 0 Å². The van der Waals surface area contributed by atoms with Crippen molar-refractivity contribution in [3.63, 3.8) is 0 Å². The Morgan fingerprint density at radius 2 is 1.18 bits per heavy atom. The van der Waals surface area contributed by atoms with Crippen LogP contribution in [0.3, 0.4) is 0 Å². The Hall–Kier alpha value is -2.43. The van der Waals surface area contributed by atoms with Crippen LogP contribution in [-0.4, -0.2) is 61.2 Å². The van der Waals surface area contributed by atoms with Crippen molar-refractivity contribution in [1.29, 1.82) is 0 Å². The largest absolute Gasteiger partial charge is 0.458 e. The summed E-state index contributed by atoms with van der Waals surface area (Å²) >= 11 is 0. The van der Waals surface area contributed by atoms with Crippen molar-refractivity contribution >= 4 is 55.0 Å². The quantitative estimate of drug-likeness (QED) is 0.0759. The van der Waals surface area contributed by atoms with Crippen LogP contribution in [0.4, 0.5) is 13.2 Å². The van der Waals surface area contributed by atoms with Crippen molar-refractivity contribution in [3.05, 3.63) is 96.1 Å². The highest BCUT2D eigenvalue weighted by molar-refractivity contribution is 6.88. The van der Waals surface area contributed by atoms with Gasteiger partial charge in [-0.15, -0.1) is 0 Å². The second-order valence-electron chi connectivity index (χ2n) is 13.8. The zero-order chi connectivity index (χ0) is 37.1. The highest BCUT2D eigenvalue weighted by atomic mass is 28.5. The molecule has 0 saturated carbocycles. The monoisotopic (exact) mass is 772 g/mol. The first-order valence-corrected chi connectivity index (χ1v) is 29.8. The number of hydrogen-bond acceptors (Lipinski definition) is 8. The Balaban J connectivity index is 2.13. The number of esters is 2. The summed E-state index contributed by atoms with van der Waals surface area (Å²) in [6, 6.07) is 16.3. The van der Waals surface area contributed by atoms with Gasteiger partial charge in [-0.1, -0.05) is 61.7 Å². The highest BCUT2D eigenvalue weighted by Gasteiger charge is 2.47. The lowest BCUT2D eigenvalue weighted by atomic mass is 10.1. The average Bonchev–Trinajstić information content (AvgIpc) is 2.95. The smallest absolute Gasteiger partial charge is 0.389 e. The van der Waals surface area contributed by atoms with Crippen LogP contribution < -0.4 is 0 Å². The van der Waals surface area contributed by atoms with E-state index in [2.05, 4.69) is 26.3 Å². The van der Waals surface area contributed by atoms with Crippen LogP contribution in [-0.2, 0) is 60.8 Å². The van der Waals surface area contributed by atoms with Gasteiger partial charge in [-0.3, -0.25) is 0 Å². The Morgan fingerprint density at radius 1 is 0.735 bits per heavy atom. The molecule has 0 aliphatic rings. The third-order valence-corrected chi connectivity index (χ3v) is 25.9. The van der Waals surface area contributed by atoms with E-state index in [4.69, 9.17) is 25.9 Å². The van der Waals surface area contributed by atoms with Gasteiger partial charge in [0.25, 0.3) is 9.28 Å². The van der Waals surface area contributed by atoms with Crippen LogP contribution in [0.5, 0.6) is 0 Å². The van der Waals surface area contributed by atoms with E-state index < -0.39 is 67.6 Å². The zero-order valence-electron chi connectivity index (χ0n) is 29.9. The van der Waals surface area contributed by atoms with Crippen LogP contribution in [0.25, 0.3) is 0 Å². The molecule has 16 heteroatoms. The predicted molar refractivity (Wildman–Crippen MR) is 197 cm³/mol. The second kappa shape index (κ2) is 18.2. The first-order chi connectivity index (χ1) is 22.5. The van der Waals surface area contributed by atoms with Crippen LogP contribution in [0.1, 0.15) is 28.7 Å². The Morgan fingerprint density at radius 3 is 1.63 bits per heavy atom. The first kappa shape index (κ1) is 42.7. The molecule has 2 rings (SSSR count). The molecule has 2 aromatic carbocycles. The molecule has 0 spiro atoms. The van der Waals surface area contributed by atoms with Gasteiger partial charge in [-0.25, -0.2) is 9.59 Å². The summed E-state index contributed by atoms with van der Waals surface area (Å²) < 4.78 is 77.2. The van der Waals surface area contributed by atoms with Crippen molar-refractivity contribution in [2.75, 3.05) is 0 Å². The number of halogens is 3. The van der Waals surface area contributed by atoms with E-state index in [-0.39, 0.29) is 19.3 Å². The number of carbonyl (C=O) groups is 2. The molecule has 2 unspecified atom stereocenters. The van der Waals surface area contributed by atoms with Crippen molar-refractivity contribution in [2.24, 2.45) is 0 Å². The molecule has 0 aromatic heterocycles. The summed E-state index contributed by atoms with van der Waals surface area (Å²) in [6.07, 6.45) is -3.15. The van der Waals surface area contributed by atoms with Crippen LogP contribution >= 0.6 is 0 Å². The lowest BCUT2D eigenvalue weighted by Crippen LogP contribution is -2.57. The van der Waals surface area contributed by atoms with Crippen molar-refractivity contribution in [3.8, 4) is 0 Å². The second-order valence-corrected chi connectivity index (χ2v) is 31.8. The molecule has 0 radical (unpaired) electrons. The molecular formula is C33H51F3O8Si5. The molecule has 2 aromatic rings. The van der Waals surface area contributed by atoms with Crippen LogP contribution in [0.2, 0.25) is 58.4 Å². The molecule has 0 bridgehead atoms. The summed E-state index contributed by atoms with van der Waals surface area (Å²) in [4.78, 5) is 23.0. The lowest BCUT2D eigenvalue weighted by molar-refractivity contribution is -0.139. The normalized spacial score (nSPS) is 14.4. The van der Waals surface area contributed by atoms with E-state index in [9.17, 15) is 22.8 Å². The van der Waals surface area contributed by atoms with Crippen molar-refractivity contribution < 1.29 is 48.7 Å². The van der Waals surface area contributed by atoms with E-state index in [1.54, 1.807) is 6.55 Å². The first-order valence-electron chi connectivity index (χ1n) is 16.1. The zero-order valence-corrected chi connectivity index (χ0v) is 35.1. The highest BCUT2D eigenvalue weighted by Crippen LogP contribution is 2.33. The SMILES string of the molecule is C=CC(=O)OCc1cccc(C[Si](C)(C)O[SiH](C)O[Si](C)(C)O[Si](C)(CCC(F)(F)F)O[Si](C)(C)Cc2cccc(COC(=O)C=C)c2)c1. The topological polar surface area (TPSA) is 89.5 Å². The molecule has 0 fully saturated rings. The van der Waals surface area contributed by atoms with E-state index >= 15 is 0 Å². The maximum Gasteiger partial charge on any atom is 0.389 e. The Bertz CT molecular complexity index is 1440. The van der Waals surface area contributed by atoms with E-state index in [0.29, 0.717) is 12.1 Å².